The van der Waals surface area contributed by atoms with Crippen LogP contribution in [0, 0.1) is 5.92 Å². The molecule has 1 saturated heterocycles. The lowest BCUT2D eigenvalue weighted by Crippen LogP contribution is -2.38. The number of rotatable bonds is 4. The van der Waals surface area contributed by atoms with E-state index in [-0.39, 0.29) is 4.90 Å². The molecule has 1 aliphatic carbocycles. The molecule has 0 aromatic heterocycles. The van der Waals surface area contributed by atoms with E-state index < -0.39 is 10.0 Å². The molecule has 1 saturated carbocycles. The van der Waals surface area contributed by atoms with E-state index in [9.17, 15) is 8.42 Å². The number of nitrogens with one attached hydrogen (secondary N) is 2. The third kappa shape index (κ3) is 3.39. The summed E-state index contributed by atoms with van der Waals surface area (Å²) in [5, 5.41) is 12.3. The van der Waals surface area contributed by atoms with Gasteiger partial charge in [-0.25, -0.2) is 13.6 Å². The molecule has 116 valence electrons. The van der Waals surface area contributed by atoms with E-state index in [1.165, 1.54) is 31.7 Å². The number of anilines is 1. The lowest BCUT2D eigenvalue weighted by Gasteiger charge is -2.27. The van der Waals surface area contributed by atoms with Gasteiger partial charge >= 0.3 is 0 Å². The molecule has 21 heavy (non-hydrogen) atoms. The van der Waals surface area contributed by atoms with Crippen LogP contribution in [0.1, 0.15) is 32.1 Å². The fraction of sp³-hybridized carbons (Fsp3) is 0.600. The summed E-state index contributed by atoms with van der Waals surface area (Å²) in [6, 6.07) is 7.83. The highest BCUT2D eigenvalue weighted by molar-refractivity contribution is 7.89. The zero-order chi connectivity index (χ0) is 14.9. The van der Waals surface area contributed by atoms with Gasteiger partial charge in [-0.15, -0.1) is 0 Å². The monoisotopic (exact) mass is 309 g/mol. The quantitative estimate of drug-likeness (QED) is 0.790. The molecule has 3 unspecified atom stereocenters. The van der Waals surface area contributed by atoms with Gasteiger partial charge in [0.15, 0.2) is 0 Å². The van der Waals surface area contributed by atoms with Crippen LogP contribution < -0.4 is 15.8 Å². The van der Waals surface area contributed by atoms with Crippen molar-refractivity contribution in [2.75, 3.05) is 11.9 Å². The van der Waals surface area contributed by atoms with Gasteiger partial charge in [0, 0.05) is 17.8 Å². The fourth-order valence-corrected chi connectivity index (χ4v) is 4.26. The molecule has 3 rings (SSSR count). The van der Waals surface area contributed by atoms with Crippen molar-refractivity contribution >= 4 is 15.7 Å². The van der Waals surface area contributed by atoms with Crippen LogP contribution in [0.3, 0.4) is 0 Å². The Bertz CT molecular complexity index is 597. The summed E-state index contributed by atoms with van der Waals surface area (Å²) in [4.78, 5) is 0.168. The average Bonchev–Trinajstić information content (AvgIpc) is 3.08. The standard InChI is InChI=1S/C15H23N3O2S/c16-21(19,20)12-5-1-4-11(10-12)18-15-7-2-6-13(15)14-8-3-9-17-14/h1,4-5,10,13-15,17-18H,2-3,6-9H2,(H2,16,19,20). The number of hydrogen-bond acceptors (Lipinski definition) is 4. The second-order valence-corrected chi connectivity index (χ2v) is 7.68. The summed E-state index contributed by atoms with van der Waals surface area (Å²) in [5.74, 6) is 0.630. The largest absolute Gasteiger partial charge is 0.382 e. The summed E-state index contributed by atoms with van der Waals surface area (Å²) in [7, 11) is -3.64. The Morgan fingerprint density at radius 1 is 1.19 bits per heavy atom. The molecular weight excluding hydrogens is 286 g/mol. The second-order valence-electron chi connectivity index (χ2n) is 6.12. The normalized spacial score (nSPS) is 29.7. The van der Waals surface area contributed by atoms with Gasteiger partial charge in [-0.3, -0.25) is 0 Å². The highest BCUT2D eigenvalue weighted by Gasteiger charge is 2.34. The Labute approximate surface area is 126 Å². The lowest BCUT2D eigenvalue weighted by atomic mass is 9.93. The van der Waals surface area contributed by atoms with Crippen LogP contribution in [0.2, 0.25) is 0 Å². The Hall–Kier alpha value is -1.11. The molecule has 2 aliphatic rings. The summed E-state index contributed by atoms with van der Waals surface area (Å²) in [6.45, 7) is 1.12. The zero-order valence-electron chi connectivity index (χ0n) is 12.1. The summed E-state index contributed by atoms with van der Waals surface area (Å²) < 4.78 is 22.9. The number of hydrogen-bond donors (Lipinski definition) is 3. The van der Waals surface area contributed by atoms with Gasteiger partial charge in [-0.1, -0.05) is 12.5 Å². The first-order valence-electron chi connectivity index (χ1n) is 7.67. The van der Waals surface area contributed by atoms with Crippen molar-refractivity contribution in [3.8, 4) is 0 Å². The molecule has 1 heterocycles. The number of benzene rings is 1. The van der Waals surface area contributed by atoms with Crippen molar-refractivity contribution < 1.29 is 8.42 Å². The molecule has 5 nitrogen and oxygen atoms in total. The predicted molar refractivity (Wildman–Crippen MR) is 83.6 cm³/mol. The molecule has 0 bridgehead atoms. The van der Waals surface area contributed by atoms with Gasteiger partial charge in [0.1, 0.15) is 0 Å². The van der Waals surface area contributed by atoms with Crippen LogP contribution in [-0.4, -0.2) is 27.0 Å². The molecule has 0 spiro atoms. The van der Waals surface area contributed by atoms with Crippen molar-refractivity contribution in [3.05, 3.63) is 24.3 Å². The van der Waals surface area contributed by atoms with Gasteiger partial charge in [0.25, 0.3) is 0 Å². The molecule has 1 aliphatic heterocycles. The van der Waals surface area contributed by atoms with E-state index in [4.69, 9.17) is 5.14 Å². The minimum Gasteiger partial charge on any atom is -0.382 e. The van der Waals surface area contributed by atoms with Gasteiger partial charge in [-0.05, 0) is 56.3 Å². The van der Waals surface area contributed by atoms with E-state index in [2.05, 4.69) is 10.6 Å². The number of primary sulfonamides is 1. The number of sulfonamides is 1. The zero-order valence-corrected chi connectivity index (χ0v) is 12.9. The predicted octanol–water partition coefficient (Wildman–Crippen LogP) is 1.67. The average molecular weight is 309 g/mol. The van der Waals surface area contributed by atoms with E-state index in [1.54, 1.807) is 12.1 Å². The maximum Gasteiger partial charge on any atom is 0.238 e. The van der Waals surface area contributed by atoms with Crippen LogP contribution in [0.5, 0.6) is 0 Å². The molecule has 1 aromatic rings. The van der Waals surface area contributed by atoms with E-state index >= 15 is 0 Å². The van der Waals surface area contributed by atoms with Crippen LogP contribution in [-0.2, 0) is 10.0 Å². The minimum absolute atomic E-state index is 0.168. The molecule has 6 heteroatoms. The second kappa shape index (κ2) is 5.94. The Kier molecular flexibility index (Phi) is 4.19. The highest BCUT2D eigenvalue weighted by atomic mass is 32.2. The molecule has 2 fully saturated rings. The first-order valence-corrected chi connectivity index (χ1v) is 9.21. The van der Waals surface area contributed by atoms with Crippen LogP contribution in [0.4, 0.5) is 5.69 Å². The van der Waals surface area contributed by atoms with E-state index in [0.717, 1.165) is 18.7 Å². The minimum atomic E-state index is -3.64. The van der Waals surface area contributed by atoms with Crippen molar-refractivity contribution in [1.29, 1.82) is 0 Å². The summed E-state index contributed by atoms with van der Waals surface area (Å²) >= 11 is 0. The van der Waals surface area contributed by atoms with Gasteiger partial charge in [0.2, 0.25) is 10.0 Å². The molecule has 3 atom stereocenters. The third-order valence-corrected chi connectivity index (χ3v) is 5.61. The SMILES string of the molecule is NS(=O)(=O)c1cccc(NC2CCCC2C2CCCN2)c1. The Morgan fingerprint density at radius 3 is 2.76 bits per heavy atom. The summed E-state index contributed by atoms with van der Waals surface area (Å²) in [5.41, 5.74) is 0.844. The first kappa shape index (κ1) is 14.8. The maximum absolute atomic E-state index is 11.4. The van der Waals surface area contributed by atoms with Gasteiger partial charge < -0.3 is 10.6 Å². The molecule has 1 aromatic carbocycles. The smallest absolute Gasteiger partial charge is 0.238 e. The van der Waals surface area contributed by atoms with Crippen LogP contribution in [0.15, 0.2) is 29.2 Å². The fourth-order valence-electron chi connectivity index (χ4n) is 3.70. The highest BCUT2D eigenvalue weighted by Crippen LogP contribution is 2.34. The van der Waals surface area contributed by atoms with Crippen molar-refractivity contribution in [1.82, 2.24) is 5.32 Å². The third-order valence-electron chi connectivity index (χ3n) is 4.70. The molecule has 0 radical (unpaired) electrons. The van der Waals surface area contributed by atoms with Gasteiger partial charge in [0.05, 0.1) is 4.90 Å². The van der Waals surface area contributed by atoms with Gasteiger partial charge in [-0.2, -0.15) is 0 Å². The molecule has 0 amide bonds. The number of nitrogens with two attached hydrogens (primary N) is 1. The molecule has 4 N–H and O–H groups in total. The van der Waals surface area contributed by atoms with Crippen LogP contribution >= 0.6 is 0 Å². The summed E-state index contributed by atoms with van der Waals surface area (Å²) in [6.07, 6.45) is 6.12. The maximum atomic E-state index is 11.4. The first-order chi connectivity index (χ1) is 10.0. The van der Waals surface area contributed by atoms with E-state index in [0.29, 0.717) is 18.0 Å². The Morgan fingerprint density at radius 2 is 2.05 bits per heavy atom. The van der Waals surface area contributed by atoms with Crippen LogP contribution in [0.25, 0.3) is 0 Å². The van der Waals surface area contributed by atoms with Crippen molar-refractivity contribution in [2.24, 2.45) is 11.1 Å². The lowest BCUT2D eigenvalue weighted by molar-refractivity contribution is 0.376. The topological polar surface area (TPSA) is 84.2 Å². The van der Waals surface area contributed by atoms with E-state index in [1.807, 2.05) is 6.07 Å². The van der Waals surface area contributed by atoms with Crippen molar-refractivity contribution in [3.63, 3.8) is 0 Å². The molecular formula is C15H23N3O2S. The van der Waals surface area contributed by atoms with Crippen molar-refractivity contribution in [2.45, 2.75) is 49.1 Å². The Balaban J connectivity index is 1.73.